The number of rotatable bonds is 2. The lowest BCUT2D eigenvalue weighted by molar-refractivity contribution is -0.0659. The quantitative estimate of drug-likeness (QED) is 0.862. The largest absolute Gasteiger partial charge is 0.485 e. The molecule has 0 spiro atoms. The van der Waals surface area contributed by atoms with E-state index >= 15 is 0 Å². The lowest BCUT2D eigenvalue weighted by atomic mass is 9.84. The molecule has 0 aromatic heterocycles. The molecule has 0 saturated heterocycles. The highest BCUT2D eigenvalue weighted by atomic mass is 16.5. The van der Waals surface area contributed by atoms with Crippen molar-refractivity contribution in [1.82, 2.24) is 4.90 Å². The number of likely N-dealkylation sites (N-methyl/N-ethyl adjacent to an activating group) is 1. The van der Waals surface area contributed by atoms with Crippen LogP contribution in [0.4, 0.5) is 4.79 Å². The van der Waals surface area contributed by atoms with Crippen LogP contribution in [0.15, 0.2) is 18.2 Å². The molecule has 0 radical (unpaired) electrons. The molecular weight excluding hydrogens is 270 g/mol. The molecule has 1 aromatic carbocycles. The number of nitriles is 1. The van der Waals surface area contributed by atoms with Crippen LogP contribution in [-0.2, 0) is 0 Å². The summed E-state index contributed by atoms with van der Waals surface area (Å²) in [6.45, 7) is 5.74. The van der Waals surface area contributed by atoms with Gasteiger partial charge in [0.25, 0.3) is 0 Å². The standard InChI is InChI=1S/C15H19N3O3/c1-4-18(14(17)20)13-12(19)10-7-9(8-16)5-6-11(10)21-15(13,2)3/h5-7,12-13,19H,4H2,1-3H3,(H2,17,20). The highest BCUT2D eigenvalue weighted by molar-refractivity contribution is 5.73. The summed E-state index contributed by atoms with van der Waals surface area (Å²) < 4.78 is 5.92. The first-order valence-electron chi connectivity index (χ1n) is 6.79. The van der Waals surface area contributed by atoms with Crippen molar-refractivity contribution in [2.24, 2.45) is 5.73 Å². The number of ether oxygens (including phenoxy) is 1. The van der Waals surface area contributed by atoms with Gasteiger partial charge in [0, 0.05) is 12.1 Å². The number of urea groups is 1. The molecule has 1 aliphatic heterocycles. The molecule has 1 aromatic rings. The molecule has 0 aliphatic carbocycles. The number of benzene rings is 1. The van der Waals surface area contributed by atoms with Crippen molar-refractivity contribution in [2.45, 2.75) is 38.5 Å². The Hall–Kier alpha value is -2.26. The van der Waals surface area contributed by atoms with Crippen molar-refractivity contribution < 1.29 is 14.6 Å². The van der Waals surface area contributed by atoms with Gasteiger partial charge in [0.05, 0.1) is 11.6 Å². The first kappa shape index (κ1) is 15.1. The number of primary amides is 1. The third kappa shape index (κ3) is 2.52. The van der Waals surface area contributed by atoms with Crippen LogP contribution in [0.1, 0.15) is 38.0 Å². The molecule has 2 unspecified atom stereocenters. The summed E-state index contributed by atoms with van der Waals surface area (Å²) in [4.78, 5) is 13.0. The predicted octanol–water partition coefficient (Wildman–Crippen LogP) is 1.53. The smallest absolute Gasteiger partial charge is 0.315 e. The van der Waals surface area contributed by atoms with E-state index in [0.717, 1.165) is 0 Å². The van der Waals surface area contributed by atoms with Gasteiger partial charge in [-0.1, -0.05) is 0 Å². The summed E-state index contributed by atoms with van der Waals surface area (Å²) in [7, 11) is 0. The Morgan fingerprint density at radius 3 is 2.76 bits per heavy atom. The molecule has 6 heteroatoms. The van der Waals surface area contributed by atoms with E-state index in [1.54, 1.807) is 39.0 Å². The van der Waals surface area contributed by atoms with Gasteiger partial charge >= 0.3 is 6.03 Å². The second kappa shape index (κ2) is 5.26. The monoisotopic (exact) mass is 289 g/mol. The van der Waals surface area contributed by atoms with E-state index in [1.165, 1.54) is 4.90 Å². The molecule has 2 atom stereocenters. The Morgan fingerprint density at radius 2 is 2.24 bits per heavy atom. The molecule has 0 saturated carbocycles. The predicted molar refractivity (Wildman–Crippen MR) is 76.6 cm³/mol. The minimum absolute atomic E-state index is 0.358. The average molecular weight is 289 g/mol. The normalized spacial score (nSPS) is 22.6. The van der Waals surface area contributed by atoms with Gasteiger partial charge in [-0.15, -0.1) is 0 Å². The molecule has 21 heavy (non-hydrogen) atoms. The van der Waals surface area contributed by atoms with E-state index in [-0.39, 0.29) is 0 Å². The highest BCUT2D eigenvalue weighted by Gasteiger charge is 2.47. The lowest BCUT2D eigenvalue weighted by Gasteiger charge is -2.47. The lowest BCUT2D eigenvalue weighted by Crippen LogP contribution is -2.60. The number of fused-ring (bicyclic) bond motifs is 1. The van der Waals surface area contributed by atoms with Gasteiger partial charge in [0.15, 0.2) is 0 Å². The number of amides is 2. The van der Waals surface area contributed by atoms with E-state index in [2.05, 4.69) is 0 Å². The third-order valence-electron chi connectivity index (χ3n) is 3.80. The minimum Gasteiger partial charge on any atom is -0.485 e. The summed E-state index contributed by atoms with van der Waals surface area (Å²) in [5, 5.41) is 19.7. The van der Waals surface area contributed by atoms with Gasteiger partial charge < -0.3 is 20.5 Å². The van der Waals surface area contributed by atoms with Gasteiger partial charge in [-0.05, 0) is 39.0 Å². The Kier molecular flexibility index (Phi) is 3.79. The van der Waals surface area contributed by atoms with Crippen LogP contribution < -0.4 is 10.5 Å². The van der Waals surface area contributed by atoms with Gasteiger partial charge in [-0.3, -0.25) is 0 Å². The topological polar surface area (TPSA) is 99.6 Å². The summed E-state index contributed by atoms with van der Waals surface area (Å²) in [5.41, 5.74) is 5.53. The van der Waals surface area contributed by atoms with Gasteiger partial charge in [0.2, 0.25) is 0 Å². The SMILES string of the molecule is CCN(C(N)=O)C1C(O)c2cc(C#N)ccc2OC1(C)C. The molecule has 112 valence electrons. The maximum atomic E-state index is 11.6. The molecule has 2 amide bonds. The number of nitrogens with two attached hydrogens (primary N) is 1. The molecule has 0 bridgehead atoms. The van der Waals surface area contributed by atoms with Crippen molar-refractivity contribution in [3.8, 4) is 11.8 Å². The second-order valence-corrected chi connectivity index (χ2v) is 5.58. The Bertz CT molecular complexity index is 607. The second-order valence-electron chi connectivity index (χ2n) is 5.58. The van der Waals surface area contributed by atoms with E-state index in [1.807, 2.05) is 6.07 Å². The van der Waals surface area contributed by atoms with E-state index in [0.29, 0.717) is 23.4 Å². The van der Waals surface area contributed by atoms with Crippen molar-refractivity contribution in [3.63, 3.8) is 0 Å². The summed E-state index contributed by atoms with van der Waals surface area (Å²) in [5.74, 6) is 0.517. The summed E-state index contributed by atoms with van der Waals surface area (Å²) >= 11 is 0. The summed E-state index contributed by atoms with van der Waals surface area (Å²) in [6, 6.07) is 5.67. The van der Waals surface area contributed by atoms with Gasteiger partial charge in [-0.25, -0.2) is 4.79 Å². The number of aliphatic hydroxyl groups is 1. The maximum Gasteiger partial charge on any atom is 0.315 e. The molecule has 0 fully saturated rings. The third-order valence-corrected chi connectivity index (χ3v) is 3.80. The molecule has 1 heterocycles. The van der Waals surface area contributed by atoms with Crippen LogP contribution in [0.3, 0.4) is 0 Å². The number of carbonyl (C=O) groups is 1. The van der Waals surface area contributed by atoms with E-state index < -0.39 is 23.8 Å². The fourth-order valence-electron chi connectivity index (χ4n) is 2.87. The number of hydrogen-bond donors (Lipinski definition) is 2. The van der Waals surface area contributed by atoms with Crippen molar-refractivity contribution >= 4 is 6.03 Å². The molecule has 3 N–H and O–H groups in total. The zero-order valence-electron chi connectivity index (χ0n) is 12.3. The molecular formula is C15H19N3O3. The summed E-state index contributed by atoms with van der Waals surface area (Å²) in [6.07, 6.45) is -0.968. The van der Waals surface area contributed by atoms with Crippen LogP contribution >= 0.6 is 0 Å². The van der Waals surface area contributed by atoms with Gasteiger partial charge in [-0.2, -0.15) is 5.26 Å². The first-order valence-corrected chi connectivity index (χ1v) is 6.79. The Morgan fingerprint density at radius 1 is 1.57 bits per heavy atom. The zero-order valence-corrected chi connectivity index (χ0v) is 12.3. The minimum atomic E-state index is -0.968. The Labute approximate surface area is 123 Å². The first-order chi connectivity index (χ1) is 9.81. The zero-order chi connectivity index (χ0) is 15.8. The van der Waals surface area contributed by atoms with Gasteiger partial charge in [0.1, 0.15) is 23.5 Å². The molecule has 2 rings (SSSR count). The van der Waals surface area contributed by atoms with Crippen molar-refractivity contribution in [1.29, 1.82) is 5.26 Å². The number of aliphatic hydroxyl groups excluding tert-OH is 1. The van der Waals surface area contributed by atoms with Crippen LogP contribution in [0.2, 0.25) is 0 Å². The van der Waals surface area contributed by atoms with E-state index in [9.17, 15) is 9.90 Å². The number of hydrogen-bond acceptors (Lipinski definition) is 4. The maximum absolute atomic E-state index is 11.6. The van der Waals surface area contributed by atoms with Crippen LogP contribution in [0, 0.1) is 11.3 Å². The highest BCUT2D eigenvalue weighted by Crippen LogP contribution is 2.42. The number of nitrogens with zero attached hydrogens (tertiary/aromatic N) is 2. The molecule has 1 aliphatic rings. The van der Waals surface area contributed by atoms with Crippen LogP contribution in [-0.4, -0.2) is 34.2 Å². The fourth-order valence-corrected chi connectivity index (χ4v) is 2.87. The van der Waals surface area contributed by atoms with Crippen molar-refractivity contribution in [3.05, 3.63) is 29.3 Å². The Balaban J connectivity index is 2.53. The average Bonchev–Trinajstić information content (AvgIpc) is 2.42. The van der Waals surface area contributed by atoms with Crippen LogP contribution in [0.25, 0.3) is 0 Å². The molecule has 6 nitrogen and oxygen atoms in total. The van der Waals surface area contributed by atoms with Crippen molar-refractivity contribution in [2.75, 3.05) is 6.54 Å². The number of carbonyl (C=O) groups excluding carboxylic acids is 1. The van der Waals surface area contributed by atoms with Crippen LogP contribution in [0.5, 0.6) is 5.75 Å². The van der Waals surface area contributed by atoms with E-state index in [4.69, 9.17) is 15.7 Å². The fraction of sp³-hybridized carbons (Fsp3) is 0.467.